The van der Waals surface area contributed by atoms with Gasteiger partial charge in [0.1, 0.15) is 0 Å². The lowest BCUT2D eigenvalue weighted by molar-refractivity contribution is 0.112. The lowest BCUT2D eigenvalue weighted by Gasteiger charge is -2.28. The van der Waals surface area contributed by atoms with E-state index in [9.17, 15) is 4.79 Å². The van der Waals surface area contributed by atoms with Crippen LogP contribution in [0.5, 0.6) is 0 Å². The average Bonchev–Trinajstić information content (AvgIpc) is 2.76. The van der Waals surface area contributed by atoms with Gasteiger partial charge in [0.25, 0.3) is 0 Å². The van der Waals surface area contributed by atoms with E-state index in [1.807, 2.05) is 18.2 Å². The van der Waals surface area contributed by atoms with Gasteiger partial charge in [-0.2, -0.15) is 0 Å². The molecule has 0 amide bonds. The topological polar surface area (TPSA) is 20.3 Å². The fourth-order valence-electron chi connectivity index (χ4n) is 2.48. The Balaban J connectivity index is 2.42. The van der Waals surface area contributed by atoms with E-state index in [1.54, 1.807) is 0 Å². The average molecular weight is 238 g/mol. The number of halogens is 1. The molecule has 0 N–H and O–H groups in total. The number of aldehydes is 1. The SMILES string of the molecule is CCC1CCCN1c1c(Cl)cccc1C=O. The second kappa shape index (κ2) is 4.88. The predicted octanol–water partition coefficient (Wildman–Crippen LogP) is 3.53. The Bertz CT molecular complexity index is 392. The van der Waals surface area contributed by atoms with Gasteiger partial charge in [0, 0.05) is 18.2 Å². The molecule has 1 unspecified atom stereocenters. The third kappa shape index (κ3) is 1.94. The minimum absolute atomic E-state index is 0.526. The molecule has 16 heavy (non-hydrogen) atoms. The molecule has 1 aliphatic heterocycles. The van der Waals surface area contributed by atoms with Crippen LogP contribution >= 0.6 is 11.6 Å². The van der Waals surface area contributed by atoms with Crippen molar-refractivity contribution in [2.75, 3.05) is 11.4 Å². The molecule has 1 heterocycles. The van der Waals surface area contributed by atoms with E-state index < -0.39 is 0 Å². The molecule has 0 spiro atoms. The number of hydrogen-bond acceptors (Lipinski definition) is 2. The van der Waals surface area contributed by atoms with Crippen LogP contribution in [0.3, 0.4) is 0 Å². The molecule has 0 radical (unpaired) electrons. The molecule has 1 fully saturated rings. The number of rotatable bonds is 3. The normalized spacial score (nSPS) is 20.1. The summed E-state index contributed by atoms with van der Waals surface area (Å²) in [5.41, 5.74) is 1.62. The molecule has 0 aliphatic carbocycles. The number of anilines is 1. The molecule has 86 valence electrons. The molecule has 1 aliphatic rings. The quantitative estimate of drug-likeness (QED) is 0.750. The molecular formula is C13H16ClNO. The first-order chi connectivity index (χ1) is 7.77. The molecule has 1 atom stereocenters. The third-order valence-electron chi connectivity index (χ3n) is 3.28. The zero-order valence-electron chi connectivity index (χ0n) is 9.45. The Morgan fingerprint density at radius 3 is 3.06 bits per heavy atom. The Labute approximate surface area is 101 Å². The highest BCUT2D eigenvalue weighted by atomic mass is 35.5. The minimum atomic E-state index is 0.526. The highest BCUT2D eigenvalue weighted by molar-refractivity contribution is 6.34. The van der Waals surface area contributed by atoms with Crippen molar-refractivity contribution in [2.45, 2.75) is 32.2 Å². The molecule has 1 aromatic carbocycles. The summed E-state index contributed by atoms with van der Waals surface area (Å²) in [4.78, 5) is 13.3. The first-order valence-corrected chi connectivity index (χ1v) is 6.16. The monoisotopic (exact) mass is 237 g/mol. The molecule has 2 nitrogen and oxygen atoms in total. The summed E-state index contributed by atoms with van der Waals surface area (Å²) in [6, 6.07) is 6.04. The van der Waals surface area contributed by atoms with Crippen LogP contribution in [-0.2, 0) is 0 Å². The van der Waals surface area contributed by atoms with E-state index >= 15 is 0 Å². The molecule has 1 aromatic rings. The number of para-hydroxylation sites is 1. The van der Waals surface area contributed by atoms with Crippen LogP contribution < -0.4 is 4.90 Å². The van der Waals surface area contributed by atoms with Crippen molar-refractivity contribution in [1.29, 1.82) is 0 Å². The van der Waals surface area contributed by atoms with Crippen LogP contribution in [0.1, 0.15) is 36.5 Å². The van der Waals surface area contributed by atoms with Gasteiger partial charge in [0.05, 0.1) is 10.7 Å². The second-order valence-electron chi connectivity index (χ2n) is 4.19. The predicted molar refractivity (Wildman–Crippen MR) is 67.5 cm³/mol. The number of carbonyl (C=O) groups is 1. The molecule has 0 aromatic heterocycles. The van der Waals surface area contributed by atoms with Gasteiger partial charge in [-0.3, -0.25) is 4.79 Å². The van der Waals surface area contributed by atoms with Gasteiger partial charge in [-0.15, -0.1) is 0 Å². The van der Waals surface area contributed by atoms with E-state index in [4.69, 9.17) is 11.6 Å². The molecule has 2 rings (SSSR count). The minimum Gasteiger partial charge on any atom is -0.367 e. The van der Waals surface area contributed by atoms with Crippen molar-refractivity contribution in [1.82, 2.24) is 0 Å². The van der Waals surface area contributed by atoms with Crippen molar-refractivity contribution in [3.63, 3.8) is 0 Å². The maximum absolute atomic E-state index is 11.0. The van der Waals surface area contributed by atoms with Gasteiger partial charge in [0.15, 0.2) is 6.29 Å². The van der Waals surface area contributed by atoms with Crippen LogP contribution in [-0.4, -0.2) is 18.9 Å². The summed E-state index contributed by atoms with van der Waals surface area (Å²) in [6.45, 7) is 3.18. The fourth-order valence-corrected chi connectivity index (χ4v) is 2.78. The Kier molecular flexibility index (Phi) is 3.49. The van der Waals surface area contributed by atoms with Crippen molar-refractivity contribution in [3.8, 4) is 0 Å². The first kappa shape index (κ1) is 11.5. The summed E-state index contributed by atoms with van der Waals surface area (Å²) in [5, 5.41) is 0.685. The number of hydrogen-bond donors (Lipinski definition) is 0. The van der Waals surface area contributed by atoms with Crippen LogP contribution in [0.15, 0.2) is 18.2 Å². The van der Waals surface area contributed by atoms with Crippen molar-refractivity contribution in [2.24, 2.45) is 0 Å². The Morgan fingerprint density at radius 2 is 2.38 bits per heavy atom. The summed E-state index contributed by atoms with van der Waals surface area (Å²) in [5.74, 6) is 0. The van der Waals surface area contributed by atoms with E-state index in [-0.39, 0.29) is 0 Å². The summed E-state index contributed by atoms with van der Waals surface area (Å²) in [7, 11) is 0. The zero-order chi connectivity index (χ0) is 11.5. The molecule has 0 bridgehead atoms. The van der Waals surface area contributed by atoms with E-state index in [0.717, 1.165) is 24.9 Å². The summed E-state index contributed by atoms with van der Waals surface area (Å²) >= 11 is 6.21. The lowest BCUT2D eigenvalue weighted by Crippen LogP contribution is -2.29. The van der Waals surface area contributed by atoms with Crippen LogP contribution in [0.4, 0.5) is 5.69 Å². The molecule has 0 saturated carbocycles. The highest BCUT2D eigenvalue weighted by Gasteiger charge is 2.26. The standard InChI is InChI=1S/C13H16ClNO/c1-2-11-6-4-8-15(11)13-10(9-16)5-3-7-12(13)14/h3,5,7,9,11H,2,4,6,8H2,1H3. The van der Waals surface area contributed by atoms with Crippen molar-refractivity contribution in [3.05, 3.63) is 28.8 Å². The molecule has 3 heteroatoms. The van der Waals surface area contributed by atoms with Crippen LogP contribution in [0.2, 0.25) is 5.02 Å². The molecule has 1 saturated heterocycles. The fraction of sp³-hybridized carbons (Fsp3) is 0.462. The van der Waals surface area contributed by atoms with Crippen molar-refractivity contribution >= 4 is 23.6 Å². The van der Waals surface area contributed by atoms with Crippen LogP contribution in [0, 0.1) is 0 Å². The van der Waals surface area contributed by atoms with Gasteiger partial charge in [0.2, 0.25) is 0 Å². The van der Waals surface area contributed by atoms with E-state index in [2.05, 4.69) is 11.8 Å². The van der Waals surface area contributed by atoms with E-state index in [0.29, 0.717) is 16.6 Å². The van der Waals surface area contributed by atoms with Crippen LogP contribution in [0.25, 0.3) is 0 Å². The van der Waals surface area contributed by atoms with Gasteiger partial charge in [-0.25, -0.2) is 0 Å². The Hall–Kier alpha value is -1.02. The zero-order valence-corrected chi connectivity index (χ0v) is 10.2. The first-order valence-electron chi connectivity index (χ1n) is 5.78. The highest BCUT2D eigenvalue weighted by Crippen LogP contribution is 2.35. The number of benzene rings is 1. The number of carbonyl (C=O) groups excluding carboxylic acids is 1. The van der Waals surface area contributed by atoms with Crippen molar-refractivity contribution < 1.29 is 4.79 Å². The lowest BCUT2D eigenvalue weighted by atomic mass is 10.1. The maximum Gasteiger partial charge on any atom is 0.152 e. The Morgan fingerprint density at radius 1 is 1.56 bits per heavy atom. The number of nitrogens with zero attached hydrogens (tertiary/aromatic N) is 1. The van der Waals surface area contributed by atoms with Gasteiger partial charge >= 0.3 is 0 Å². The largest absolute Gasteiger partial charge is 0.367 e. The van der Waals surface area contributed by atoms with Gasteiger partial charge < -0.3 is 4.90 Å². The second-order valence-corrected chi connectivity index (χ2v) is 4.60. The molecular weight excluding hydrogens is 222 g/mol. The maximum atomic E-state index is 11.0. The summed E-state index contributed by atoms with van der Waals surface area (Å²) in [6.07, 6.45) is 4.37. The van der Waals surface area contributed by atoms with Gasteiger partial charge in [-0.05, 0) is 31.4 Å². The van der Waals surface area contributed by atoms with Gasteiger partial charge in [-0.1, -0.05) is 24.6 Å². The summed E-state index contributed by atoms with van der Waals surface area (Å²) < 4.78 is 0. The van der Waals surface area contributed by atoms with E-state index in [1.165, 1.54) is 12.8 Å². The smallest absolute Gasteiger partial charge is 0.152 e. The third-order valence-corrected chi connectivity index (χ3v) is 3.59.